The number of benzene rings is 1. The molecule has 4 heterocycles. The second-order valence-electron chi connectivity index (χ2n) is 10.3. The summed E-state index contributed by atoms with van der Waals surface area (Å²) in [5, 5.41) is 17.7. The van der Waals surface area contributed by atoms with Crippen molar-refractivity contribution < 1.29 is 18.5 Å². The Morgan fingerprint density at radius 1 is 1.24 bits per heavy atom. The predicted octanol–water partition coefficient (Wildman–Crippen LogP) is 3.41. The molecule has 1 aromatic carbocycles. The molecule has 0 atom stereocenters. The van der Waals surface area contributed by atoms with E-state index in [0.717, 1.165) is 10.9 Å². The third-order valence-electron chi connectivity index (χ3n) is 6.41. The standard InChI is InChI=1S/C26H29FN8O3/c1-5-19(36)35-12-16(13-35)30-22-20-17(8-9-28-21(20)32-33-22)14-6-7-15(18(27)10-14)11-29-24(37)23-31-25(38-34-23)26(2,3)4/h6-10,16H,5,11-13H2,1-4H3,(H,29,37)(H2,28,30,32,33). The number of pyridine rings is 1. The van der Waals surface area contributed by atoms with Crippen molar-refractivity contribution in [3.63, 3.8) is 0 Å². The summed E-state index contributed by atoms with van der Waals surface area (Å²) in [6.45, 7) is 8.71. The van der Waals surface area contributed by atoms with Gasteiger partial charge in [0.1, 0.15) is 5.82 Å². The second-order valence-corrected chi connectivity index (χ2v) is 10.3. The van der Waals surface area contributed by atoms with Gasteiger partial charge in [-0.25, -0.2) is 9.37 Å². The van der Waals surface area contributed by atoms with E-state index in [9.17, 15) is 9.59 Å². The molecule has 1 aliphatic heterocycles. The number of hydrogen-bond acceptors (Lipinski definition) is 8. The number of fused-ring (bicyclic) bond motifs is 1. The van der Waals surface area contributed by atoms with Crippen LogP contribution in [-0.4, -0.2) is 61.2 Å². The fourth-order valence-corrected chi connectivity index (χ4v) is 4.22. The smallest absolute Gasteiger partial charge is 0.292 e. The highest BCUT2D eigenvalue weighted by molar-refractivity contribution is 6.00. The van der Waals surface area contributed by atoms with Crippen molar-refractivity contribution in [2.75, 3.05) is 18.4 Å². The number of likely N-dealkylation sites (tertiary alicyclic amines) is 1. The van der Waals surface area contributed by atoms with Crippen molar-refractivity contribution >= 4 is 28.7 Å². The Kier molecular flexibility index (Phi) is 6.55. The van der Waals surface area contributed by atoms with Crippen LogP contribution in [0.3, 0.4) is 0 Å². The second kappa shape index (κ2) is 9.84. The van der Waals surface area contributed by atoms with Crippen LogP contribution in [0.4, 0.5) is 10.2 Å². The molecule has 2 amide bonds. The van der Waals surface area contributed by atoms with Gasteiger partial charge in [-0.1, -0.05) is 45.0 Å². The van der Waals surface area contributed by atoms with Crippen LogP contribution in [0.25, 0.3) is 22.2 Å². The van der Waals surface area contributed by atoms with Gasteiger partial charge < -0.3 is 20.1 Å². The van der Waals surface area contributed by atoms with Gasteiger partial charge in [0, 0.05) is 43.2 Å². The topological polar surface area (TPSA) is 142 Å². The lowest BCUT2D eigenvalue weighted by Gasteiger charge is -2.39. The first-order chi connectivity index (χ1) is 18.1. The monoisotopic (exact) mass is 520 g/mol. The Morgan fingerprint density at radius 2 is 2.03 bits per heavy atom. The normalized spacial score (nSPS) is 14.0. The van der Waals surface area contributed by atoms with Crippen molar-refractivity contribution in [2.45, 2.75) is 52.1 Å². The molecule has 5 rings (SSSR count). The number of halogens is 1. The quantitative estimate of drug-likeness (QED) is 0.337. The summed E-state index contributed by atoms with van der Waals surface area (Å²) in [4.78, 5) is 34.5. The number of aromatic amines is 1. The van der Waals surface area contributed by atoms with Gasteiger partial charge in [0.05, 0.1) is 11.4 Å². The molecule has 0 saturated carbocycles. The van der Waals surface area contributed by atoms with Crippen molar-refractivity contribution in [1.29, 1.82) is 0 Å². The summed E-state index contributed by atoms with van der Waals surface area (Å²) < 4.78 is 20.3. The van der Waals surface area contributed by atoms with Crippen LogP contribution in [-0.2, 0) is 16.8 Å². The zero-order valence-electron chi connectivity index (χ0n) is 21.6. The number of nitrogens with zero attached hydrogens (tertiary/aromatic N) is 5. The third kappa shape index (κ3) is 4.93. The van der Waals surface area contributed by atoms with Crippen LogP contribution in [0.2, 0.25) is 0 Å². The van der Waals surface area contributed by atoms with E-state index in [1.807, 2.05) is 27.7 Å². The first kappa shape index (κ1) is 25.3. The van der Waals surface area contributed by atoms with Crippen LogP contribution in [0, 0.1) is 5.82 Å². The van der Waals surface area contributed by atoms with Crippen LogP contribution < -0.4 is 10.6 Å². The minimum Gasteiger partial charge on any atom is -0.362 e. The summed E-state index contributed by atoms with van der Waals surface area (Å²) >= 11 is 0. The van der Waals surface area contributed by atoms with E-state index < -0.39 is 11.7 Å². The van der Waals surface area contributed by atoms with E-state index in [1.165, 1.54) is 6.07 Å². The molecule has 0 aliphatic carbocycles. The Bertz CT molecular complexity index is 1500. The maximum absolute atomic E-state index is 15.1. The SMILES string of the molecule is CCC(=O)N1CC(Nc2n[nH]c3nccc(-c4ccc(CNC(=O)c5noc(C(C)(C)C)n5)c(F)c4)c23)C1. The van der Waals surface area contributed by atoms with E-state index in [-0.39, 0.29) is 29.7 Å². The molecular weight excluding hydrogens is 491 g/mol. The van der Waals surface area contributed by atoms with E-state index in [0.29, 0.717) is 48.0 Å². The van der Waals surface area contributed by atoms with Gasteiger partial charge in [0.2, 0.25) is 11.8 Å². The molecular formula is C26H29FN8O3. The highest BCUT2D eigenvalue weighted by atomic mass is 19.1. The van der Waals surface area contributed by atoms with Gasteiger partial charge in [-0.15, -0.1) is 0 Å². The number of carbonyl (C=O) groups excluding carboxylic acids is 2. The molecule has 1 fully saturated rings. The Hall–Kier alpha value is -4.35. The molecule has 4 aromatic rings. The van der Waals surface area contributed by atoms with Gasteiger partial charge in [-0.2, -0.15) is 10.1 Å². The van der Waals surface area contributed by atoms with Gasteiger partial charge in [0.25, 0.3) is 11.7 Å². The predicted molar refractivity (Wildman–Crippen MR) is 138 cm³/mol. The van der Waals surface area contributed by atoms with Crippen molar-refractivity contribution in [3.8, 4) is 11.1 Å². The summed E-state index contributed by atoms with van der Waals surface area (Å²) in [5.74, 6) is -0.0483. The fraction of sp³-hybridized carbons (Fsp3) is 0.385. The maximum Gasteiger partial charge on any atom is 0.292 e. The minimum absolute atomic E-state index is 0.0384. The number of anilines is 1. The van der Waals surface area contributed by atoms with E-state index in [4.69, 9.17) is 4.52 Å². The Morgan fingerprint density at radius 3 is 2.71 bits per heavy atom. The van der Waals surface area contributed by atoms with Crippen LogP contribution in [0.15, 0.2) is 35.0 Å². The van der Waals surface area contributed by atoms with Crippen molar-refractivity contribution in [1.82, 2.24) is 35.5 Å². The van der Waals surface area contributed by atoms with Crippen molar-refractivity contribution in [2.24, 2.45) is 0 Å². The average Bonchev–Trinajstić information content (AvgIpc) is 3.52. The summed E-state index contributed by atoms with van der Waals surface area (Å²) in [5.41, 5.74) is 1.88. The summed E-state index contributed by atoms with van der Waals surface area (Å²) in [7, 11) is 0. The molecule has 0 unspecified atom stereocenters. The molecule has 0 radical (unpaired) electrons. The molecule has 198 valence electrons. The highest BCUT2D eigenvalue weighted by Gasteiger charge is 2.31. The molecule has 0 spiro atoms. The van der Waals surface area contributed by atoms with Crippen LogP contribution >= 0.6 is 0 Å². The molecule has 11 nitrogen and oxygen atoms in total. The number of hydrogen-bond donors (Lipinski definition) is 3. The lowest BCUT2D eigenvalue weighted by Crippen LogP contribution is -2.56. The third-order valence-corrected chi connectivity index (χ3v) is 6.41. The lowest BCUT2D eigenvalue weighted by molar-refractivity contribution is -0.134. The number of H-pyrrole nitrogens is 1. The van der Waals surface area contributed by atoms with Crippen molar-refractivity contribution in [3.05, 3.63) is 53.6 Å². The van der Waals surface area contributed by atoms with Gasteiger partial charge in [-0.05, 0) is 23.3 Å². The maximum atomic E-state index is 15.1. The zero-order valence-corrected chi connectivity index (χ0v) is 21.6. The van der Waals surface area contributed by atoms with Gasteiger partial charge in [-0.3, -0.25) is 14.7 Å². The number of aromatic nitrogens is 5. The first-order valence-corrected chi connectivity index (χ1v) is 12.4. The van der Waals surface area contributed by atoms with Crippen LogP contribution in [0.1, 0.15) is 56.2 Å². The average molecular weight is 521 g/mol. The molecule has 0 bridgehead atoms. The van der Waals surface area contributed by atoms with Gasteiger partial charge >= 0.3 is 0 Å². The minimum atomic E-state index is -0.548. The zero-order chi connectivity index (χ0) is 27.0. The molecule has 3 N–H and O–H groups in total. The fourth-order valence-electron chi connectivity index (χ4n) is 4.22. The summed E-state index contributed by atoms with van der Waals surface area (Å²) in [6.07, 6.45) is 2.11. The first-order valence-electron chi connectivity index (χ1n) is 12.4. The van der Waals surface area contributed by atoms with E-state index in [2.05, 4.69) is 36.0 Å². The largest absolute Gasteiger partial charge is 0.362 e. The van der Waals surface area contributed by atoms with E-state index in [1.54, 1.807) is 29.3 Å². The van der Waals surface area contributed by atoms with Crippen LogP contribution in [0.5, 0.6) is 0 Å². The molecule has 1 aliphatic rings. The molecule has 1 saturated heterocycles. The molecule has 3 aromatic heterocycles. The van der Waals surface area contributed by atoms with E-state index >= 15 is 4.39 Å². The lowest BCUT2D eigenvalue weighted by atomic mass is 9.97. The Labute approximate surface area is 218 Å². The number of nitrogens with one attached hydrogen (secondary N) is 3. The number of carbonyl (C=O) groups is 2. The summed E-state index contributed by atoms with van der Waals surface area (Å²) in [6, 6.07) is 6.71. The number of rotatable bonds is 7. The number of amides is 2. The highest BCUT2D eigenvalue weighted by Crippen LogP contribution is 2.33. The molecule has 12 heteroatoms. The molecule has 38 heavy (non-hydrogen) atoms. The Balaban J connectivity index is 1.30. The van der Waals surface area contributed by atoms with Gasteiger partial charge in [0.15, 0.2) is 11.5 Å².